The number of oxazole rings is 1. The molecule has 0 atom stereocenters. The van der Waals surface area contributed by atoms with Gasteiger partial charge < -0.3 is 14.3 Å². The van der Waals surface area contributed by atoms with Crippen molar-refractivity contribution < 1.29 is 13.7 Å². The lowest BCUT2D eigenvalue weighted by Gasteiger charge is -2.05. The van der Waals surface area contributed by atoms with Crippen LogP contribution in [0.25, 0.3) is 11.3 Å². The monoisotopic (exact) mass is 297 g/mol. The Morgan fingerprint density at radius 2 is 2.00 bits per heavy atom. The van der Waals surface area contributed by atoms with E-state index in [0.717, 1.165) is 22.6 Å². The SMILES string of the molecule is Cc1noc(C)c1CNC(=O)c1ccc(-c2cnco2)cc1. The lowest BCUT2D eigenvalue weighted by Crippen LogP contribution is -2.23. The molecule has 6 nitrogen and oxygen atoms in total. The molecule has 0 aliphatic rings. The fourth-order valence-electron chi connectivity index (χ4n) is 2.17. The maximum atomic E-state index is 12.2. The van der Waals surface area contributed by atoms with Crippen LogP contribution in [0.3, 0.4) is 0 Å². The van der Waals surface area contributed by atoms with Crippen molar-refractivity contribution in [3.05, 3.63) is 59.4 Å². The van der Waals surface area contributed by atoms with Gasteiger partial charge in [-0.1, -0.05) is 17.3 Å². The predicted molar refractivity (Wildman–Crippen MR) is 79.1 cm³/mol. The van der Waals surface area contributed by atoms with E-state index in [9.17, 15) is 4.79 Å². The molecule has 0 saturated carbocycles. The summed E-state index contributed by atoms with van der Waals surface area (Å²) in [7, 11) is 0. The summed E-state index contributed by atoms with van der Waals surface area (Å²) in [5.41, 5.74) is 3.15. The van der Waals surface area contributed by atoms with Crippen molar-refractivity contribution in [1.82, 2.24) is 15.5 Å². The van der Waals surface area contributed by atoms with E-state index in [2.05, 4.69) is 15.5 Å². The van der Waals surface area contributed by atoms with Crippen LogP contribution in [0.15, 0.2) is 45.8 Å². The molecule has 0 aliphatic heterocycles. The Morgan fingerprint density at radius 3 is 2.59 bits per heavy atom. The Hall–Kier alpha value is -2.89. The minimum atomic E-state index is -0.149. The third-order valence-corrected chi connectivity index (χ3v) is 3.47. The minimum Gasteiger partial charge on any atom is -0.444 e. The normalized spacial score (nSPS) is 10.6. The number of benzene rings is 1. The van der Waals surface area contributed by atoms with Crippen molar-refractivity contribution in [1.29, 1.82) is 0 Å². The van der Waals surface area contributed by atoms with Crippen molar-refractivity contribution in [2.24, 2.45) is 0 Å². The number of carbonyl (C=O) groups is 1. The van der Waals surface area contributed by atoms with Gasteiger partial charge in [0.15, 0.2) is 12.2 Å². The summed E-state index contributed by atoms with van der Waals surface area (Å²) in [5, 5.41) is 6.73. The number of aryl methyl sites for hydroxylation is 2. The molecule has 112 valence electrons. The molecule has 2 aromatic heterocycles. The largest absolute Gasteiger partial charge is 0.444 e. The van der Waals surface area contributed by atoms with Crippen molar-refractivity contribution in [2.45, 2.75) is 20.4 Å². The first-order chi connectivity index (χ1) is 10.6. The molecule has 0 spiro atoms. The summed E-state index contributed by atoms with van der Waals surface area (Å²) in [5.74, 6) is 1.24. The molecule has 6 heteroatoms. The van der Waals surface area contributed by atoms with Gasteiger partial charge in [0.1, 0.15) is 5.76 Å². The molecule has 0 bridgehead atoms. The molecule has 0 unspecified atom stereocenters. The van der Waals surface area contributed by atoms with Gasteiger partial charge in [-0.25, -0.2) is 4.98 Å². The quantitative estimate of drug-likeness (QED) is 0.800. The second kappa shape index (κ2) is 5.85. The maximum Gasteiger partial charge on any atom is 0.251 e. The van der Waals surface area contributed by atoms with Crippen LogP contribution >= 0.6 is 0 Å². The number of carbonyl (C=O) groups excluding carboxylic acids is 1. The zero-order valence-corrected chi connectivity index (χ0v) is 12.3. The third-order valence-electron chi connectivity index (χ3n) is 3.47. The van der Waals surface area contributed by atoms with Crippen LogP contribution in [0.4, 0.5) is 0 Å². The van der Waals surface area contributed by atoms with Crippen molar-refractivity contribution in [3.8, 4) is 11.3 Å². The van der Waals surface area contributed by atoms with Crippen LogP contribution in [-0.4, -0.2) is 16.0 Å². The first-order valence-electron chi connectivity index (χ1n) is 6.84. The number of nitrogens with one attached hydrogen (secondary N) is 1. The van der Waals surface area contributed by atoms with Gasteiger partial charge in [0.2, 0.25) is 0 Å². The van der Waals surface area contributed by atoms with Crippen LogP contribution in [0.2, 0.25) is 0 Å². The summed E-state index contributed by atoms with van der Waals surface area (Å²) in [6, 6.07) is 7.15. The van der Waals surface area contributed by atoms with Gasteiger partial charge in [0.25, 0.3) is 5.91 Å². The summed E-state index contributed by atoms with van der Waals surface area (Å²) >= 11 is 0. The van der Waals surface area contributed by atoms with Gasteiger partial charge in [-0.15, -0.1) is 0 Å². The number of hydrogen-bond acceptors (Lipinski definition) is 5. The fraction of sp³-hybridized carbons (Fsp3) is 0.188. The first-order valence-corrected chi connectivity index (χ1v) is 6.84. The van der Waals surface area contributed by atoms with Gasteiger partial charge in [-0.3, -0.25) is 4.79 Å². The van der Waals surface area contributed by atoms with E-state index in [4.69, 9.17) is 8.94 Å². The summed E-state index contributed by atoms with van der Waals surface area (Å²) in [4.78, 5) is 16.0. The van der Waals surface area contributed by atoms with E-state index in [1.807, 2.05) is 26.0 Å². The standard InChI is InChI=1S/C16H15N3O3/c1-10-14(11(2)22-19-10)7-18-16(20)13-5-3-12(4-6-13)15-8-17-9-21-15/h3-6,8-9H,7H2,1-2H3,(H,18,20). The smallest absolute Gasteiger partial charge is 0.251 e. The van der Waals surface area contributed by atoms with E-state index in [1.54, 1.807) is 18.3 Å². The Morgan fingerprint density at radius 1 is 1.23 bits per heavy atom. The van der Waals surface area contributed by atoms with Crippen LogP contribution in [-0.2, 0) is 6.54 Å². The molecule has 2 heterocycles. The Kier molecular flexibility index (Phi) is 3.74. The van der Waals surface area contributed by atoms with E-state index in [1.165, 1.54) is 6.39 Å². The van der Waals surface area contributed by atoms with Gasteiger partial charge in [0, 0.05) is 23.2 Å². The zero-order valence-electron chi connectivity index (χ0n) is 12.3. The molecule has 3 aromatic rings. The molecule has 1 N–H and O–H groups in total. The van der Waals surface area contributed by atoms with Crippen molar-refractivity contribution in [2.75, 3.05) is 0 Å². The molecule has 0 fully saturated rings. The lowest BCUT2D eigenvalue weighted by atomic mass is 10.1. The van der Waals surface area contributed by atoms with Gasteiger partial charge in [-0.05, 0) is 26.0 Å². The van der Waals surface area contributed by atoms with Crippen LogP contribution in [0, 0.1) is 13.8 Å². The topological polar surface area (TPSA) is 81.2 Å². The molecular formula is C16H15N3O3. The number of rotatable bonds is 4. The Bertz CT molecular complexity index is 754. The Labute approximate surface area is 127 Å². The second-order valence-corrected chi connectivity index (χ2v) is 4.93. The minimum absolute atomic E-state index is 0.149. The molecule has 3 rings (SSSR count). The predicted octanol–water partition coefficient (Wildman–Crippen LogP) is 2.88. The number of hydrogen-bond donors (Lipinski definition) is 1. The average Bonchev–Trinajstić information content (AvgIpc) is 3.17. The van der Waals surface area contributed by atoms with E-state index in [0.29, 0.717) is 17.9 Å². The molecular weight excluding hydrogens is 282 g/mol. The summed E-state index contributed by atoms with van der Waals surface area (Å²) < 4.78 is 10.3. The average molecular weight is 297 g/mol. The summed E-state index contributed by atoms with van der Waals surface area (Å²) in [6.07, 6.45) is 3.01. The number of amides is 1. The van der Waals surface area contributed by atoms with Crippen LogP contribution < -0.4 is 5.32 Å². The van der Waals surface area contributed by atoms with Gasteiger partial charge in [-0.2, -0.15) is 0 Å². The highest BCUT2D eigenvalue weighted by molar-refractivity contribution is 5.94. The summed E-state index contributed by atoms with van der Waals surface area (Å²) in [6.45, 7) is 4.07. The third kappa shape index (κ3) is 2.76. The number of nitrogens with zero attached hydrogens (tertiary/aromatic N) is 2. The van der Waals surface area contributed by atoms with E-state index in [-0.39, 0.29) is 5.91 Å². The van der Waals surface area contributed by atoms with Crippen molar-refractivity contribution >= 4 is 5.91 Å². The molecule has 22 heavy (non-hydrogen) atoms. The molecule has 0 radical (unpaired) electrons. The Balaban J connectivity index is 1.68. The molecule has 0 saturated heterocycles. The van der Waals surface area contributed by atoms with E-state index >= 15 is 0 Å². The van der Waals surface area contributed by atoms with Crippen molar-refractivity contribution in [3.63, 3.8) is 0 Å². The first kappa shape index (κ1) is 14.1. The van der Waals surface area contributed by atoms with Gasteiger partial charge >= 0.3 is 0 Å². The van der Waals surface area contributed by atoms with Crippen LogP contribution in [0.5, 0.6) is 0 Å². The maximum absolute atomic E-state index is 12.2. The molecule has 0 aliphatic carbocycles. The number of aromatic nitrogens is 2. The highest BCUT2D eigenvalue weighted by Gasteiger charge is 2.11. The molecule has 1 aromatic carbocycles. The lowest BCUT2D eigenvalue weighted by molar-refractivity contribution is 0.0951. The highest BCUT2D eigenvalue weighted by Crippen LogP contribution is 2.19. The zero-order chi connectivity index (χ0) is 15.5. The fourth-order valence-corrected chi connectivity index (χ4v) is 2.17. The van der Waals surface area contributed by atoms with Gasteiger partial charge in [0.05, 0.1) is 11.9 Å². The molecule has 1 amide bonds. The van der Waals surface area contributed by atoms with Crippen LogP contribution in [0.1, 0.15) is 27.4 Å². The second-order valence-electron chi connectivity index (χ2n) is 4.93. The van der Waals surface area contributed by atoms with E-state index < -0.39 is 0 Å². The highest BCUT2D eigenvalue weighted by atomic mass is 16.5.